The average molecular weight is 452 g/mol. The molecule has 0 N–H and O–H groups in total. The molecule has 1 atom stereocenters. The lowest BCUT2D eigenvalue weighted by atomic mass is 9.91. The summed E-state index contributed by atoms with van der Waals surface area (Å²) in [6.45, 7) is 7.03. The second-order valence-corrected chi connectivity index (χ2v) is 10.1. The first-order valence-corrected chi connectivity index (χ1v) is 12.7. The third kappa shape index (κ3) is 4.51. The van der Waals surface area contributed by atoms with Crippen molar-refractivity contribution in [3.63, 3.8) is 0 Å². The van der Waals surface area contributed by atoms with Crippen molar-refractivity contribution in [2.75, 3.05) is 50.8 Å². The van der Waals surface area contributed by atoms with Crippen molar-refractivity contribution in [1.29, 1.82) is 0 Å². The summed E-state index contributed by atoms with van der Waals surface area (Å²) in [5, 5.41) is 0. The number of aromatic nitrogens is 2. The quantitative estimate of drug-likeness (QED) is 0.652. The number of piperazine rings is 1. The largest absolute Gasteiger partial charge is 0.353 e. The molecule has 0 bridgehead atoms. The van der Waals surface area contributed by atoms with E-state index in [4.69, 9.17) is 14.7 Å². The van der Waals surface area contributed by atoms with Gasteiger partial charge in [-0.2, -0.15) is 0 Å². The van der Waals surface area contributed by atoms with E-state index in [0.717, 1.165) is 89.1 Å². The van der Waals surface area contributed by atoms with Gasteiger partial charge in [-0.1, -0.05) is 18.6 Å². The van der Waals surface area contributed by atoms with Gasteiger partial charge in [0.15, 0.2) is 0 Å². The summed E-state index contributed by atoms with van der Waals surface area (Å²) in [7, 11) is 0. The van der Waals surface area contributed by atoms with E-state index in [1.807, 2.05) is 12.1 Å². The Morgan fingerprint density at radius 3 is 2.45 bits per heavy atom. The van der Waals surface area contributed by atoms with Gasteiger partial charge in [0, 0.05) is 63.6 Å². The fourth-order valence-corrected chi connectivity index (χ4v) is 5.66. The molecule has 0 spiro atoms. The second kappa shape index (κ2) is 8.93. The first-order chi connectivity index (χ1) is 16.2. The van der Waals surface area contributed by atoms with Crippen molar-refractivity contribution in [3.05, 3.63) is 53.1 Å². The molecule has 0 amide bonds. The minimum atomic E-state index is -0.226. The Balaban J connectivity index is 1.09. The molecule has 2 saturated heterocycles. The molecule has 1 saturated carbocycles. The van der Waals surface area contributed by atoms with E-state index in [1.54, 1.807) is 0 Å². The normalized spacial score (nSPS) is 26.9. The Hall–Kier alpha value is -2.09. The zero-order chi connectivity index (χ0) is 22.3. The van der Waals surface area contributed by atoms with Crippen LogP contribution in [0, 0.1) is 5.82 Å². The molecular formula is C26H34FN5O. The predicted molar refractivity (Wildman–Crippen MR) is 126 cm³/mol. The van der Waals surface area contributed by atoms with Crippen LogP contribution in [0.4, 0.5) is 10.3 Å². The fraction of sp³-hybridized carbons (Fsp3) is 0.615. The van der Waals surface area contributed by atoms with Gasteiger partial charge in [0.1, 0.15) is 11.5 Å². The maximum Gasteiger partial charge on any atom is 0.225 e. The number of fused-ring (bicyclic) bond motifs is 1. The van der Waals surface area contributed by atoms with Crippen LogP contribution in [0.5, 0.6) is 0 Å². The van der Waals surface area contributed by atoms with Crippen LogP contribution >= 0.6 is 0 Å². The van der Waals surface area contributed by atoms with Gasteiger partial charge < -0.3 is 9.64 Å². The first-order valence-electron chi connectivity index (χ1n) is 12.7. The summed E-state index contributed by atoms with van der Waals surface area (Å²) in [5.74, 6) is 0.727. The van der Waals surface area contributed by atoms with Gasteiger partial charge in [0.2, 0.25) is 5.95 Å². The smallest absolute Gasteiger partial charge is 0.225 e. The number of epoxide rings is 1. The number of ether oxygens (including phenoxy) is 1. The van der Waals surface area contributed by atoms with Gasteiger partial charge >= 0.3 is 0 Å². The van der Waals surface area contributed by atoms with Gasteiger partial charge in [-0.05, 0) is 55.4 Å². The minimum absolute atomic E-state index is 0.188. The molecule has 0 radical (unpaired) electrons. The molecule has 6 nitrogen and oxygen atoms in total. The molecule has 7 heteroatoms. The van der Waals surface area contributed by atoms with Crippen molar-refractivity contribution in [2.45, 2.75) is 56.7 Å². The molecule has 1 aromatic carbocycles. The molecule has 3 aliphatic heterocycles. The number of halogens is 1. The Bertz CT molecular complexity index is 967. The highest BCUT2D eigenvalue weighted by Crippen LogP contribution is 2.36. The lowest BCUT2D eigenvalue weighted by Gasteiger charge is -2.43. The molecule has 2 aromatic rings. The average Bonchev–Trinajstić information content (AvgIpc) is 3.55. The van der Waals surface area contributed by atoms with Crippen molar-refractivity contribution in [1.82, 2.24) is 19.8 Å². The molecule has 4 heterocycles. The summed E-state index contributed by atoms with van der Waals surface area (Å²) in [6, 6.07) is 7.65. The number of hydrogen-bond acceptors (Lipinski definition) is 6. The highest BCUT2D eigenvalue weighted by molar-refractivity contribution is 5.35. The van der Waals surface area contributed by atoms with Crippen molar-refractivity contribution < 1.29 is 9.13 Å². The zero-order valence-electron chi connectivity index (χ0n) is 19.4. The third-order valence-electron chi connectivity index (χ3n) is 8.07. The van der Waals surface area contributed by atoms with Crippen LogP contribution in [0.2, 0.25) is 0 Å². The highest BCUT2D eigenvalue weighted by Gasteiger charge is 2.49. The maximum atomic E-state index is 13.3. The molecule has 1 unspecified atom stereocenters. The van der Waals surface area contributed by atoms with Crippen LogP contribution in [0.25, 0.3) is 0 Å². The van der Waals surface area contributed by atoms with Crippen molar-refractivity contribution in [2.24, 2.45) is 0 Å². The van der Waals surface area contributed by atoms with Crippen LogP contribution in [-0.4, -0.2) is 77.4 Å². The number of aryl methyl sites for hydroxylation is 1. The highest BCUT2D eigenvalue weighted by atomic mass is 19.1. The lowest BCUT2D eigenvalue weighted by molar-refractivity contribution is 0.0754. The summed E-state index contributed by atoms with van der Waals surface area (Å²) in [4.78, 5) is 17.3. The molecule has 6 rings (SSSR count). The Morgan fingerprint density at radius 2 is 1.76 bits per heavy atom. The summed E-state index contributed by atoms with van der Waals surface area (Å²) in [6.07, 6.45) is 10.0. The molecule has 176 valence electrons. The van der Waals surface area contributed by atoms with Gasteiger partial charge in [0.05, 0.1) is 6.61 Å². The van der Waals surface area contributed by atoms with E-state index in [1.165, 1.54) is 42.7 Å². The van der Waals surface area contributed by atoms with Gasteiger partial charge in [-0.25, -0.2) is 14.4 Å². The van der Waals surface area contributed by atoms with Crippen LogP contribution in [0.15, 0.2) is 30.5 Å². The van der Waals surface area contributed by atoms with Gasteiger partial charge in [-0.15, -0.1) is 0 Å². The number of anilines is 1. The number of nitrogens with zero attached hydrogens (tertiary/aromatic N) is 5. The molecule has 4 aliphatic rings. The SMILES string of the molecule is Fc1ccc(CC2(N3CCCc4nc(N5CCN(C6CCC6)CC5)ncc4CC3)CO2)cc1. The monoisotopic (exact) mass is 451 g/mol. The Labute approximate surface area is 195 Å². The molecule has 1 aromatic heterocycles. The minimum Gasteiger partial charge on any atom is -0.353 e. The lowest BCUT2D eigenvalue weighted by Crippen LogP contribution is -2.52. The predicted octanol–water partition coefficient (Wildman–Crippen LogP) is 3.05. The molecule has 3 fully saturated rings. The van der Waals surface area contributed by atoms with E-state index < -0.39 is 0 Å². The molecule has 33 heavy (non-hydrogen) atoms. The number of rotatable bonds is 5. The number of hydrogen-bond donors (Lipinski definition) is 0. The van der Waals surface area contributed by atoms with E-state index in [2.05, 4.69) is 20.9 Å². The van der Waals surface area contributed by atoms with E-state index in [9.17, 15) is 4.39 Å². The van der Waals surface area contributed by atoms with E-state index >= 15 is 0 Å². The second-order valence-electron chi connectivity index (χ2n) is 10.1. The standard InChI is InChI=1S/C26H34FN5O/c27-22-8-6-20(7-9-22)17-26(19-33-26)32-11-2-5-24-21(10-12-32)18-28-25(29-24)31-15-13-30(14-16-31)23-3-1-4-23/h6-9,18,23H,1-5,10-17,19H2. The molecule has 1 aliphatic carbocycles. The van der Waals surface area contributed by atoms with Gasteiger partial charge in [-0.3, -0.25) is 9.80 Å². The fourth-order valence-electron chi connectivity index (χ4n) is 5.66. The summed E-state index contributed by atoms with van der Waals surface area (Å²) in [5.41, 5.74) is 3.40. The van der Waals surface area contributed by atoms with Crippen LogP contribution in [0.1, 0.15) is 42.5 Å². The first kappa shape index (κ1) is 21.4. The third-order valence-corrected chi connectivity index (χ3v) is 8.07. The van der Waals surface area contributed by atoms with E-state index in [0.29, 0.717) is 0 Å². The Morgan fingerprint density at radius 1 is 0.970 bits per heavy atom. The zero-order valence-corrected chi connectivity index (χ0v) is 19.4. The van der Waals surface area contributed by atoms with Crippen molar-refractivity contribution >= 4 is 5.95 Å². The van der Waals surface area contributed by atoms with Gasteiger partial charge in [0.25, 0.3) is 0 Å². The topological polar surface area (TPSA) is 48.0 Å². The van der Waals surface area contributed by atoms with Crippen LogP contribution in [-0.2, 0) is 24.0 Å². The molecular weight excluding hydrogens is 417 g/mol. The van der Waals surface area contributed by atoms with E-state index in [-0.39, 0.29) is 11.5 Å². The summed E-state index contributed by atoms with van der Waals surface area (Å²) < 4.78 is 19.3. The van der Waals surface area contributed by atoms with Crippen molar-refractivity contribution in [3.8, 4) is 0 Å². The summed E-state index contributed by atoms with van der Waals surface area (Å²) >= 11 is 0. The Kier molecular flexibility index (Phi) is 5.80. The van der Waals surface area contributed by atoms with Crippen LogP contribution < -0.4 is 4.90 Å². The van der Waals surface area contributed by atoms with Crippen LogP contribution in [0.3, 0.4) is 0 Å². The maximum absolute atomic E-state index is 13.3. The number of benzene rings is 1.